The number of hydrogen-bond donors (Lipinski definition) is 2. The molecule has 0 radical (unpaired) electrons. The lowest BCUT2D eigenvalue weighted by molar-refractivity contribution is 0.581. The van der Waals surface area contributed by atoms with Gasteiger partial charge < -0.3 is 0 Å². The van der Waals surface area contributed by atoms with E-state index in [1.165, 1.54) is 24.3 Å². The van der Waals surface area contributed by atoms with E-state index < -0.39 is 20.0 Å². The number of nitrogens with zero attached hydrogens (tertiary/aromatic N) is 2. The van der Waals surface area contributed by atoms with Crippen molar-refractivity contribution >= 4 is 31.5 Å². The summed E-state index contributed by atoms with van der Waals surface area (Å²) in [6.45, 7) is 3.75. The summed E-state index contributed by atoms with van der Waals surface area (Å²) in [6.07, 6.45) is 4.62. The molecule has 1 fully saturated rings. The number of hydrazone groups is 2. The molecule has 0 spiro atoms. The first-order chi connectivity index (χ1) is 15.2. The minimum atomic E-state index is -3.84. The molecule has 1 aliphatic rings. The van der Waals surface area contributed by atoms with E-state index in [4.69, 9.17) is 0 Å². The minimum absolute atomic E-state index is 0.108. The van der Waals surface area contributed by atoms with Crippen molar-refractivity contribution in [3.63, 3.8) is 0 Å². The van der Waals surface area contributed by atoms with Gasteiger partial charge in [-0.05, 0) is 63.8 Å². The van der Waals surface area contributed by atoms with E-state index in [-0.39, 0.29) is 9.79 Å². The Kier molecular flexibility index (Phi) is 7.68. The summed E-state index contributed by atoms with van der Waals surface area (Å²) < 4.78 is 50.4. The molecule has 3 rings (SSSR count). The largest absolute Gasteiger partial charge is 0.276 e. The molecule has 0 bridgehead atoms. The van der Waals surface area contributed by atoms with Gasteiger partial charge in [0, 0.05) is 0 Å². The molecule has 0 unspecified atom stereocenters. The smallest absolute Gasteiger partial charge is 0.200 e. The van der Waals surface area contributed by atoms with Gasteiger partial charge in [0.25, 0.3) is 20.0 Å². The maximum Gasteiger partial charge on any atom is 0.276 e. The standard InChI is InChI=1S/C22H28N4O4S2/c1-17-9-13-19(14-10-17)31(27,28)25-23-21-7-5-3-4-6-8-22(21)24-26-32(29,30)20-15-11-18(2)12-16-20/h9-16,25-26H,3-8H2,1-2H3/b23-21-,24-22-. The Bertz CT molecular complexity index is 1100. The van der Waals surface area contributed by atoms with Crippen molar-refractivity contribution in [1.29, 1.82) is 0 Å². The first-order valence-electron chi connectivity index (χ1n) is 10.5. The highest BCUT2D eigenvalue weighted by atomic mass is 32.2. The van der Waals surface area contributed by atoms with E-state index in [2.05, 4.69) is 19.9 Å². The summed E-state index contributed by atoms with van der Waals surface area (Å²) in [7, 11) is -7.68. The van der Waals surface area contributed by atoms with Crippen LogP contribution in [0.25, 0.3) is 0 Å². The molecule has 0 amide bonds. The van der Waals surface area contributed by atoms with Crippen LogP contribution in [0.3, 0.4) is 0 Å². The number of benzene rings is 2. The first-order valence-corrected chi connectivity index (χ1v) is 13.4. The van der Waals surface area contributed by atoms with Crippen LogP contribution in [-0.2, 0) is 20.0 Å². The Morgan fingerprint density at radius 2 is 0.938 bits per heavy atom. The number of nitrogens with one attached hydrogen (secondary N) is 2. The van der Waals surface area contributed by atoms with Crippen LogP contribution in [0.2, 0.25) is 0 Å². The number of sulfonamides is 2. The molecule has 2 aromatic rings. The summed E-state index contributed by atoms with van der Waals surface area (Å²) in [6, 6.07) is 12.9. The summed E-state index contributed by atoms with van der Waals surface area (Å²) in [5.41, 5.74) is 2.77. The lowest BCUT2D eigenvalue weighted by Gasteiger charge is -2.15. The fourth-order valence-electron chi connectivity index (χ4n) is 3.24. The topological polar surface area (TPSA) is 117 Å². The van der Waals surface area contributed by atoms with Crippen LogP contribution in [0.5, 0.6) is 0 Å². The highest BCUT2D eigenvalue weighted by molar-refractivity contribution is 7.89. The maximum absolute atomic E-state index is 12.6. The molecule has 0 aliphatic heterocycles. The van der Waals surface area contributed by atoms with Gasteiger partial charge in [-0.3, -0.25) is 0 Å². The van der Waals surface area contributed by atoms with Crippen LogP contribution in [0, 0.1) is 13.8 Å². The van der Waals surface area contributed by atoms with Gasteiger partial charge in [-0.1, -0.05) is 48.2 Å². The average Bonchev–Trinajstić information content (AvgIpc) is 2.73. The Morgan fingerprint density at radius 3 is 1.28 bits per heavy atom. The van der Waals surface area contributed by atoms with Gasteiger partial charge in [-0.25, -0.2) is 0 Å². The molecule has 32 heavy (non-hydrogen) atoms. The summed E-state index contributed by atoms with van der Waals surface area (Å²) in [4.78, 5) is 4.78. The lowest BCUT2D eigenvalue weighted by Crippen LogP contribution is -2.27. The van der Waals surface area contributed by atoms with E-state index in [0.29, 0.717) is 24.3 Å². The normalized spacial score (nSPS) is 18.2. The van der Waals surface area contributed by atoms with Gasteiger partial charge in [0.15, 0.2) is 0 Å². The van der Waals surface area contributed by atoms with E-state index in [1.54, 1.807) is 24.3 Å². The predicted molar refractivity (Wildman–Crippen MR) is 126 cm³/mol. The SMILES string of the molecule is Cc1ccc(S(=O)(=O)N/N=C2/CCCCCC/C2=N/NS(=O)(=O)c2ccc(C)cc2)cc1. The van der Waals surface area contributed by atoms with Crippen molar-refractivity contribution in [1.82, 2.24) is 9.66 Å². The van der Waals surface area contributed by atoms with Crippen molar-refractivity contribution in [3.8, 4) is 0 Å². The zero-order chi connectivity index (χ0) is 23.2. The molecule has 8 nitrogen and oxygen atoms in total. The van der Waals surface area contributed by atoms with Crippen LogP contribution in [0.4, 0.5) is 0 Å². The molecule has 2 N–H and O–H groups in total. The average molecular weight is 477 g/mol. The third kappa shape index (κ3) is 6.39. The molecule has 10 heteroatoms. The second kappa shape index (κ2) is 10.3. The van der Waals surface area contributed by atoms with Crippen molar-refractivity contribution in [2.24, 2.45) is 10.2 Å². The summed E-state index contributed by atoms with van der Waals surface area (Å²) in [5.74, 6) is 0. The Balaban J connectivity index is 1.84. The molecule has 0 saturated heterocycles. The Hall–Kier alpha value is -2.72. The second-order valence-electron chi connectivity index (χ2n) is 7.85. The minimum Gasteiger partial charge on any atom is -0.200 e. The molecular weight excluding hydrogens is 448 g/mol. The Morgan fingerprint density at radius 1 is 0.594 bits per heavy atom. The zero-order valence-electron chi connectivity index (χ0n) is 18.2. The van der Waals surface area contributed by atoms with Crippen molar-refractivity contribution < 1.29 is 16.8 Å². The van der Waals surface area contributed by atoms with Gasteiger partial charge in [0.05, 0.1) is 21.2 Å². The van der Waals surface area contributed by atoms with Crippen LogP contribution in [-0.4, -0.2) is 28.3 Å². The molecule has 1 aliphatic carbocycles. The monoisotopic (exact) mass is 476 g/mol. The van der Waals surface area contributed by atoms with Crippen LogP contribution < -0.4 is 9.66 Å². The predicted octanol–water partition coefficient (Wildman–Crippen LogP) is 3.63. The van der Waals surface area contributed by atoms with Gasteiger partial charge in [0.2, 0.25) is 0 Å². The third-order valence-electron chi connectivity index (χ3n) is 5.17. The lowest BCUT2D eigenvalue weighted by atomic mass is 9.97. The fourth-order valence-corrected chi connectivity index (χ4v) is 4.90. The van der Waals surface area contributed by atoms with Crippen molar-refractivity contribution in [2.45, 2.75) is 62.2 Å². The van der Waals surface area contributed by atoms with Crippen LogP contribution in [0.15, 0.2) is 68.5 Å². The zero-order valence-corrected chi connectivity index (χ0v) is 19.8. The van der Waals surface area contributed by atoms with Gasteiger partial charge in [-0.15, -0.1) is 0 Å². The highest BCUT2D eigenvalue weighted by Gasteiger charge is 2.19. The maximum atomic E-state index is 12.6. The van der Waals surface area contributed by atoms with Gasteiger partial charge in [0.1, 0.15) is 0 Å². The third-order valence-corrected chi connectivity index (χ3v) is 7.62. The number of hydrogen-bond acceptors (Lipinski definition) is 6. The highest BCUT2D eigenvalue weighted by Crippen LogP contribution is 2.16. The van der Waals surface area contributed by atoms with Gasteiger partial charge >= 0.3 is 0 Å². The molecular formula is C22H28N4O4S2. The van der Waals surface area contributed by atoms with Crippen molar-refractivity contribution in [2.75, 3.05) is 0 Å². The van der Waals surface area contributed by atoms with E-state index >= 15 is 0 Å². The molecule has 0 aromatic heterocycles. The molecule has 2 aromatic carbocycles. The quantitative estimate of drug-likeness (QED) is 0.619. The molecule has 0 heterocycles. The fraction of sp³-hybridized carbons (Fsp3) is 0.364. The summed E-state index contributed by atoms with van der Waals surface area (Å²) >= 11 is 0. The van der Waals surface area contributed by atoms with Crippen molar-refractivity contribution in [3.05, 3.63) is 59.7 Å². The summed E-state index contributed by atoms with van der Waals surface area (Å²) in [5, 5.41) is 8.27. The van der Waals surface area contributed by atoms with Gasteiger partial charge in [-0.2, -0.15) is 36.7 Å². The second-order valence-corrected chi connectivity index (χ2v) is 11.2. The number of aryl methyl sites for hydroxylation is 2. The molecule has 172 valence electrons. The van der Waals surface area contributed by atoms with E-state index in [1.807, 2.05) is 13.8 Å². The first kappa shape index (κ1) is 23.9. The van der Waals surface area contributed by atoms with Crippen LogP contribution >= 0.6 is 0 Å². The van der Waals surface area contributed by atoms with E-state index in [0.717, 1.165) is 36.8 Å². The molecule has 0 atom stereocenters. The number of rotatable bonds is 6. The van der Waals surface area contributed by atoms with Crippen LogP contribution in [0.1, 0.15) is 49.7 Å². The molecule has 1 saturated carbocycles. The Labute approximate surface area is 189 Å². The van der Waals surface area contributed by atoms with E-state index in [9.17, 15) is 16.8 Å².